The Morgan fingerprint density at radius 3 is 2.35 bits per heavy atom. The van der Waals surface area contributed by atoms with Crippen LogP contribution in [0.3, 0.4) is 0 Å². The average molecular weight is 488 g/mol. The molecule has 4 aromatic carbocycles. The van der Waals surface area contributed by atoms with Gasteiger partial charge in [0.25, 0.3) is 5.91 Å². The number of hydrogen-bond donors (Lipinski definition) is 1. The molecule has 1 N–H and O–H groups in total. The van der Waals surface area contributed by atoms with Gasteiger partial charge in [-0.2, -0.15) is 5.26 Å². The number of benzene rings is 4. The van der Waals surface area contributed by atoms with Crippen molar-refractivity contribution in [2.75, 3.05) is 0 Å². The van der Waals surface area contributed by atoms with Gasteiger partial charge in [-0.3, -0.25) is 4.79 Å². The maximum atomic E-state index is 13.3. The molecule has 0 bridgehead atoms. The van der Waals surface area contributed by atoms with E-state index in [0.717, 1.165) is 11.1 Å². The summed E-state index contributed by atoms with van der Waals surface area (Å²) in [5.74, 6) is -0.0336. The standard InChI is InChI=1S/C31H22FN3O2/c1-20(21-11-13-27(32)14-12-21)34-31(36)26-16-24(28-10-6-5-9-23(28)19-33)15-25(17-26)29-18-30(37-35-29)22-7-3-2-4-8-22/h2-18,20H,1H3,(H,34,36). The molecule has 0 aliphatic heterocycles. The Balaban J connectivity index is 1.55. The highest BCUT2D eigenvalue weighted by atomic mass is 19.1. The lowest BCUT2D eigenvalue weighted by atomic mass is 9.95. The fourth-order valence-corrected chi connectivity index (χ4v) is 4.16. The molecule has 1 unspecified atom stereocenters. The molecule has 0 aliphatic rings. The summed E-state index contributed by atoms with van der Waals surface area (Å²) in [6.45, 7) is 1.84. The first-order valence-electron chi connectivity index (χ1n) is 11.8. The first-order valence-corrected chi connectivity index (χ1v) is 11.8. The summed E-state index contributed by atoms with van der Waals surface area (Å²) in [4.78, 5) is 13.3. The van der Waals surface area contributed by atoms with Crippen LogP contribution in [-0.2, 0) is 0 Å². The summed E-state index contributed by atoms with van der Waals surface area (Å²) in [6, 6.07) is 32.0. The molecule has 1 atom stereocenters. The normalized spacial score (nSPS) is 11.5. The first-order chi connectivity index (χ1) is 18.0. The Hall–Kier alpha value is -5.02. The van der Waals surface area contributed by atoms with E-state index in [2.05, 4.69) is 16.5 Å². The number of carbonyl (C=O) groups excluding carboxylic acids is 1. The van der Waals surface area contributed by atoms with Gasteiger partial charge in [0.15, 0.2) is 5.76 Å². The molecule has 1 aromatic heterocycles. The minimum Gasteiger partial charge on any atom is -0.356 e. The van der Waals surface area contributed by atoms with Crippen LogP contribution in [0.4, 0.5) is 4.39 Å². The van der Waals surface area contributed by atoms with Crippen LogP contribution in [0.2, 0.25) is 0 Å². The molecule has 5 rings (SSSR count). The number of nitrogens with zero attached hydrogens (tertiary/aromatic N) is 2. The highest BCUT2D eigenvalue weighted by Crippen LogP contribution is 2.32. The highest BCUT2D eigenvalue weighted by Gasteiger charge is 2.17. The zero-order chi connectivity index (χ0) is 25.8. The van der Waals surface area contributed by atoms with E-state index in [1.165, 1.54) is 12.1 Å². The molecule has 37 heavy (non-hydrogen) atoms. The van der Waals surface area contributed by atoms with E-state index in [9.17, 15) is 14.4 Å². The largest absolute Gasteiger partial charge is 0.356 e. The summed E-state index contributed by atoms with van der Waals surface area (Å²) in [6.07, 6.45) is 0. The van der Waals surface area contributed by atoms with E-state index in [1.807, 2.05) is 61.5 Å². The van der Waals surface area contributed by atoms with Crippen LogP contribution in [0.15, 0.2) is 108 Å². The number of carbonyl (C=O) groups is 1. The molecule has 0 aliphatic carbocycles. The Morgan fingerprint density at radius 1 is 0.892 bits per heavy atom. The molecule has 5 aromatic rings. The summed E-state index contributed by atoms with van der Waals surface area (Å²) in [7, 11) is 0. The van der Waals surface area contributed by atoms with Crippen molar-refractivity contribution in [1.29, 1.82) is 5.26 Å². The van der Waals surface area contributed by atoms with Gasteiger partial charge in [-0.25, -0.2) is 4.39 Å². The number of nitrogens with one attached hydrogen (secondary N) is 1. The van der Waals surface area contributed by atoms with Crippen molar-refractivity contribution in [3.05, 3.63) is 126 Å². The number of halogens is 1. The van der Waals surface area contributed by atoms with E-state index in [4.69, 9.17) is 4.52 Å². The van der Waals surface area contributed by atoms with Crippen LogP contribution >= 0.6 is 0 Å². The summed E-state index contributed by atoms with van der Waals surface area (Å²) in [5.41, 5.74) is 5.22. The molecule has 180 valence electrons. The van der Waals surface area contributed by atoms with E-state index >= 15 is 0 Å². The number of amides is 1. The quantitative estimate of drug-likeness (QED) is 0.275. The fourth-order valence-electron chi connectivity index (χ4n) is 4.16. The van der Waals surface area contributed by atoms with Gasteiger partial charge in [0.1, 0.15) is 11.5 Å². The van der Waals surface area contributed by atoms with Gasteiger partial charge >= 0.3 is 0 Å². The van der Waals surface area contributed by atoms with Gasteiger partial charge in [0.05, 0.1) is 17.7 Å². The van der Waals surface area contributed by atoms with Gasteiger partial charge < -0.3 is 9.84 Å². The Bertz CT molecular complexity index is 1600. The second kappa shape index (κ2) is 10.3. The Kier molecular flexibility index (Phi) is 6.60. The van der Waals surface area contributed by atoms with Crippen molar-refractivity contribution in [3.8, 4) is 39.8 Å². The first kappa shape index (κ1) is 23.7. The molecule has 5 nitrogen and oxygen atoms in total. The van der Waals surface area contributed by atoms with E-state index in [-0.39, 0.29) is 17.8 Å². The molecule has 1 heterocycles. The third-order valence-electron chi connectivity index (χ3n) is 6.14. The molecule has 6 heteroatoms. The van der Waals surface area contributed by atoms with Gasteiger partial charge in [0, 0.05) is 22.8 Å². The minimum atomic E-state index is -0.344. The molecule has 0 saturated carbocycles. The van der Waals surface area contributed by atoms with E-state index < -0.39 is 0 Å². The number of hydrogen-bond acceptors (Lipinski definition) is 4. The lowest BCUT2D eigenvalue weighted by Gasteiger charge is -2.16. The number of nitriles is 1. The van der Waals surface area contributed by atoms with Crippen molar-refractivity contribution in [1.82, 2.24) is 10.5 Å². The third-order valence-corrected chi connectivity index (χ3v) is 6.14. The average Bonchev–Trinajstić information content (AvgIpc) is 3.44. The Labute approximate surface area is 213 Å². The minimum absolute atomic E-state index is 0.304. The zero-order valence-corrected chi connectivity index (χ0v) is 20.0. The van der Waals surface area contributed by atoms with Crippen LogP contribution < -0.4 is 5.32 Å². The van der Waals surface area contributed by atoms with Crippen LogP contribution in [0.1, 0.15) is 34.5 Å². The monoisotopic (exact) mass is 487 g/mol. The molecule has 0 saturated heterocycles. The topological polar surface area (TPSA) is 78.9 Å². The summed E-state index contributed by atoms with van der Waals surface area (Å²) >= 11 is 0. The summed E-state index contributed by atoms with van der Waals surface area (Å²) < 4.78 is 18.9. The maximum Gasteiger partial charge on any atom is 0.251 e. The molecule has 0 spiro atoms. The van der Waals surface area contributed by atoms with Crippen molar-refractivity contribution < 1.29 is 13.7 Å². The van der Waals surface area contributed by atoms with E-state index in [1.54, 1.807) is 36.4 Å². The third kappa shape index (κ3) is 5.16. The van der Waals surface area contributed by atoms with Gasteiger partial charge in [-0.15, -0.1) is 0 Å². The second-order valence-corrected chi connectivity index (χ2v) is 8.65. The smallest absolute Gasteiger partial charge is 0.251 e. The Morgan fingerprint density at radius 2 is 1.59 bits per heavy atom. The lowest BCUT2D eigenvalue weighted by molar-refractivity contribution is 0.0940. The molecule has 1 amide bonds. The highest BCUT2D eigenvalue weighted by molar-refractivity contribution is 5.97. The van der Waals surface area contributed by atoms with Crippen LogP contribution in [0, 0.1) is 17.1 Å². The van der Waals surface area contributed by atoms with Crippen LogP contribution in [0.5, 0.6) is 0 Å². The molecule has 0 radical (unpaired) electrons. The van der Waals surface area contributed by atoms with Crippen molar-refractivity contribution in [3.63, 3.8) is 0 Å². The second-order valence-electron chi connectivity index (χ2n) is 8.65. The van der Waals surface area contributed by atoms with Crippen LogP contribution in [0.25, 0.3) is 33.7 Å². The van der Waals surface area contributed by atoms with Gasteiger partial charge in [-0.1, -0.05) is 65.8 Å². The van der Waals surface area contributed by atoms with Gasteiger partial charge in [0.2, 0.25) is 0 Å². The molecular weight excluding hydrogens is 465 g/mol. The van der Waals surface area contributed by atoms with Crippen molar-refractivity contribution in [2.24, 2.45) is 0 Å². The molecule has 0 fully saturated rings. The van der Waals surface area contributed by atoms with Crippen molar-refractivity contribution >= 4 is 5.91 Å². The fraction of sp³-hybridized carbons (Fsp3) is 0.0645. The van der Waals surface area contributed by atoms with Gasteiger partial charge in [-0.05, 0) is 60.0 Å². The maximum absolute atomic E-state index is 13.3. The van der Waals surface area contributed by atoms with E-state index in [0.29, 0.717) is 39.3 Å². The predicted molar refractivity (Wildman–Crippen MR) is 140 cm³/mol. The lowest BCUT2D eigenvalue weighted by Crippen LogP contribution is -2.26. The zero-order valence-electron chi connectivity index (χ0n) is 20.0. The predicted octanol–water partition coefficient (Wildman–Crippen LogP) is 7.18. The number of aromatic nitrogens is 1. The summed E-state index contributed by atoms with van der Waals surface area (Å²) in [5, 5.41) is 16.9. The molecular formula is C31H22FN3O2. The number of rotatable bonds is 6. The van der Waals surface area contributed by atoms with Crippen LogP contribution in [-0.4, -0.2) is 11.1 Å². The SMILES string of the molecule is CC(NC(=O)c1cc(-c2cc(-c3ccccc3)on2)cc(-c2ccccc2C#N)c1)c1ccc(F)cc1. The van der Waals surface area contributed by atoms with Crippen molar-refractivity contribution in [2.45, 2.75) is 13.0 Å².